The highest BCUT2D eigenvalue weighted by Gasteiger charge is 2.12. The van der Waals surface area contributed by atoms with E-state index in [1.807, 2.05) is 25.1 Å². The lowest BCUT2D eigenvalue weighted by Crippen LogP contribution is -2.18. The van der Waals surface area contributed by atoms with Gasteiger partial charge < -0.3 is 15.0 Å². The van der Waals surface area contributed by atoms with Gasteiger partial charge in [0, 0.05) is 23.0 Å². The highest BCUT2D eigenvalue weighted by molar-refractivity contribution is 6.31. The fourth-order valence-corrected chi connectivity index (χ4v) is 2.24. The van der Waals surface area contributed by atoms with Crippen molar-refractivity contribution in [1.29, 1.82) is 0 Å². The van der Waals surface area contributed by atoms with Crippen LogP contribution in [-0.4, -0.2) is 16.2 Å². The van der Waals surface area contributed by atoms with Crippen LogP contribution >= 0.6 is 11.6 Å². The third-order valence-electron chi connectivity index (χ3n) is 2.93. The zero-order valence-electron chi connectivity index (χ0n) is 12.3. The number of rotatable bonds is 7. The van der Waals surface area contributed by atoms with Crippen molar-refractivity contribution < 1.29 is 9.26 Å². The van der Waals surface area contributed by atoms with Crippen molar-refractivity contribution in [3.8, 4) is 5.75 Å². The predicted molar refractivity (Wildman–Crippen MR) is 81.4 cm³/mol. The molecule has 1 unspecified atom stereocenters. The molecular formula is C15H20ClN3O2. The first-order valence-electron chi connectivity index (χ1n) is 7.07. The number of halogens is 1. The second-order valence-corrected chi connectivity index (χ2v) is 5.45. The van der Waals surface area contributed by atoms with Gasteiger partial charge in [-0.25, -0.2) is 0 Å². The molecule has 2 rings (SSSR count). The molecule has 0 aliphatic rings. The van der Waals surface area contributed by atoms with Gasteiger partial charge in [-0.1, -0.05) is 29.7 Å². The molecule has 2 aromatic rings. The molecule has 0 fully saturated rings. The van der Waals surface area contributed by atoms with E-state index in [0.29, 0.717) is 28.9 Å². The molecule has 0 amide bonds. The van der Waals surface area contributed by atoms with Crippen LogP contribution in [0, 0.1) is 0 Å². The Labute approximate surface area is 129 Å². The van der Waals surface area contributed by atoms with Crippen molar-refractivity contribution >= 4 is 11.6 Å². The minimum atomic E-state index is 0.00795. The smallest absolute Gasteiger partial charge is 0.226 e. The molecule has 5 nitrogen and oxygen atoms in total. The fourth-order valence-electron chi connectivity index (χ4n) is 2.00. The van der Waals surface area contributed by atoms with Crippen molar-refractivity contribution in [2.24, 2.45) is 5.73 Å². The number of benzene rings is 1. The molecule has 0 bridgehead atoms. The lowest BCUT2D eigenvalue weighted by Gasteiger charge is -2.13. The largest absolute Gasteiger partial charge is 0.485 e. The maximum Gasteiger partial charge on any atom is 0.226 e. The second kappa shape index (κ2) is 7.43. The minimum Gasteiger partial charge on any atom is -0.485 e. The Morgan fingerprint density at radius 3 is 2.95 bits per heavy atom. The van der Waals surface area contributed by atoms with E-state index in [1.165, 1.54) is 0 Å². The molecule has 0 aliphatic heterocycles. The van der Waals surface area contributed by atoms with Crippen LogP contribution in [0.1, 0.15) is 37.5 Å². The number of aromatic nitrogens is 2. The summed E-state index contributed by atoms with van der Waals surface area (Å²) < 4.78 is 10.9. The summed E-state index contributed by atoms with van der Waals surface area (Å²) in [6, 6.07) is 5.56. The second-order valence-electron chi connectivity index (χ2n) is 5.04. The first-order chi connectivity index (χ1) is 10.1. The van der Waals surface area contributed by atoms with Gasteiger partial charge in [0.05, 0.1) is 0 Å². The Kier molecular flexibility index (Phi) is 5.59. The van der Waals surface area contributed by atoms with Gasteiger partial charge in [0.25, 0.3) is 0 Å². The number of ether oxygens (including phenoxy) is 1. The van der Waals surface area contributed by atoms with Crippen molar-refractivity contribution in [3.63, 3.8) is 0 Å². The quantitative estimate of drug-likeness (QED) is 0.850. The van der Waals surface area contributed by atoms with Gasteiger partial charge >= 0.3 is 0 Å². The molecule has 1 atom stereocenters. The first-order valence-corrected chi connectivity index (χ1v) is 7.45. The molecule has 1 aromatic carbocycles. The highest BCUT2D eigenvalue weighted by Crippen LogP contribution is 2.28. The molecule has 0 saturated heterocycles. The molecule has 0 aliphatic carbocycles. The molecule has 21 heavy (non-hydrogen) atoms. The summed E-state index contributed by atoms with van der Waals surface area (Å²) in [5, 5.41) is 4.55. The lowest BCUT2D eigenvalue weighted by molar-refractivity contribution is 0.282. The van der Waals surface area contributed by atoms with Crippen molar-refractivity contribution in [2.75, 3.05) is 0 Å². The van der Waals surface area contributed by atoms with Crippen LogP contribution in [0.2, 0.25) is 5.02 Å². The summed E-state index contributed by atoms with van der Waals surface area (Å²) >= 11 is 6.22. The molecule has 0 radical (unpaired) electrons. The molecule has 6 heteroatoms. The molecule has 0 spiro atoms. The zero-order chi connectivity index (χ0) is 15.2. The summed E-state index contributed by atoms with van der Waals surface area (Å²) in [7, 11) is 0. The van der Waals surface area contributed by atoms with Gasteiger partial charge in [-0.15, -0.1) is 0 Å². The summed E-state index contributed by atoms with van der Waals surface area (Å²) in [4.78, 5) is 4.27. The monoisotopic (exact) mass is 309 g/mol. The predicted octanol–water partition coefficient (Wildman–Crippen LogP) is 3.14. The van der Waals surface area contributed by atoms with Crippen molar-refractivity contribution in [2.45, 2.75) is 45.8 Å². The Balaban J connectivity index is 2.06. The van der Waals surface area contributed by atoms with Crippen LogP contribution in [0.3, 0.4) is 0 Å². The summed E-state index contributed by atoms with van der Waals surface area (Å²) in [5.41, 5.74) is 6.76. The number of hydrogen-bond acceptors (Lipinski definition) is 5. The Bertz CT molecular complexity index is 584. The molecule has 114 valence electrons. The van der Waals surface area contributed by atoms with E-state index in [0.717, 1.165) is 18.4 Å². The van der Waals surface area contributed by atoms with Gasteiger partial charge in [-0.2, -0.15) is 4.98 Å². The first kappa shape index (κ1) is 15.8. The summed E-state index contributed by atoms with van der Waals surface area (Å²) in [6.07, 6.45) is 2.40. The third-order valence-corrected chi connectivity index (χ3v) is 3.29. The highest BCUT2D eigenvalue weighted by atomic mass is 35.5. The topological polar surface area (TPSA) is 74.2 Å². The molecule has 0 saturated carbocycles. The average Bonchev–Trinajstić information content (AvgIpc) is 2.87. The number of aryl methyl sites for hydroxylation is 1. The van der Waals surface area contributed by atoms with E-state index in [9.17, 15) is 0 Å². The van der Waals surface area contributed by atoms with E-state index in [1.54, 1.807) is 0 Å². The van der Waals surface area contributed by atoms with E-state index < -0.39 is 0 Å². The minimum absolute atomic E-state index is 0.00795. The van der Waals surface area contributed by atoms with E-state index in [4.69, 9.17) is 26.6 Å². The number of hydrogen-bond donors (Lipinski definition) is 1. The standard InChI is InChI=1S/C15H20ClN3O2/c1-3-5-15-18-14(19-21-15)9-20-13-7-4-6-12(16)11(13)8-10(2)17/h4,6-7,10H,3,5,8-9,17H2,1-2H3. The number of nitrogens with two attached hydrogens (primary N) is 1. The SMILES string of the molecule is CCCc1nc(COc2cccc(Cl)c2CC(C)N)no1. The van der Waals surface area contributed by atoms with E-state index >= 15 is 0 Å². The summed E-state index contributed by atoms with van der Waals surface area (Å²) in [6.45, 7) is 4.25. The van der Waals surface area contributed by atoms with Gasteiger partial charge in [0.1, 0.15) is 5.75 Å². The van der Waals surface area contributed by atoms with Crippen LogP contribution in [0.15, 0.2) is 22.7 Å². The van der Waals surface area contributed by atoms with Gasteiger partial charge in [-0.3, -0.25) is 0 Å². The molecule has 1 heterocycles. The number of nitrogens with zero attached hydrogens (tertiary/aromatic N) is 2. The Hall–Kier alpha value is -1.59. The molecular weight excluding hydrogens is 290 g/mol. The fraction of sp³-hybridized carbons (Fsp3) is 0.467. The van der Waals surface area contributed by atoms with Gasteiger partial charge in [0.2, 0.25) is 11.7 Å². The molecule has 1 aromatic heterocycles. The van der Waals surface area contributed by atoms with E-state index in [-0.39, 0.29) is 12.6 Å². The third kappa shape index (κ3) is 4.44. The van der Waals surface area contributed by atoms with Crippen LogP contribution in [0.4, 0.5) is 0 Å². The summed E-state index contributed by atoms with van der Waals surface area (Å²) in [5.74, 6) is 1.88. The van der Waals surface area contributed by atoms with Crippen LogP contribution in [-0.2, 0) is 19.4 Å². The normalized spacial score (nSPS) is 12.4. The Morgan fingerprint density at radius 2 is 2.24 bits per heavy atom. The van der Waals surface area contributed by atoms with Gasteiger partial charge in [-0.05, 0) is 31.9 Å². The maximum absolute atomic E-state index is 6.22. The van der Waals surface area contributed by atoms with Crippen molar-refractivity contribution in [1.82, 2.24) is 10.1 Å². The Morgan fingerprint density at radius 1 is 1.43 bits per heavy atom. The average molecular weight is 310 g/mol. The lowest BCUT2D eigenvalue weighted by atomic mass is 10.1. The maximum atomic E-state index is 6.22. The van der Waals surface area contributed by atoms with Gasteiger partial charge in [0.15, 0.2) is 6.61 Å². The van der Waals surface area contributed by atoms with Crippen LogP contribution in [0.25, 0.3) is 0 Å². The van der Waals surface area contributed by atoms with E-state index in [2.05, 4.69) is 17.1 Å². The van der Waals surface area contributed by atoms with Crippen LogP contribution < -0.4 is 10.5 Å². The molecule has 2 N–H and O–H groups in total. The van der Waals surface area contributed by atoms with Crippen molar-refractivity contribution in [3.05, 3.63) is 40.5 Å². The van der Waals surface area contributed by atoms with Crippen LogP contribution in [0.5, 0.6) is 5.75 Å². The zero-order valence-corrected chi connectivity index (χ0v) is 13.1.